The molecule has 1 aromatic carbocycles. The first-order valence-electron chi connectivity index (χ1n) is 9.93. The third kappa shape index (κ3) is 6.45. The highest BCUT2D eigenvalue weighted by atomic mass is 16.4. The van der Waals surface area contributed by atoms with Gasteiger partial charge in [-0.25, -0.2) is 4.79 Å². The van der Waals surface area contributed by atoms with E-state index >= 15 is 0 Å². The number of nitrogens with one attached hydrogen (secondary N) is 2. The molecule has 0 atom stereocenters. The predicted octanol–water partition coefficient (Wildman–Crippen LogP) is 2.02. The van der Waals surface area contributed by atoms with Crippen molar-refractivity contribution in [3.63, 3.8) is 0 Å². The van der Waals surface area contributed by atoms with Gasteiger partial charge in [0, 0.05) is 43.3 Å². The molecule has 1 aliphatic rings. The molecule has 0 unspecified atom stereocenters. The smallest absolute Gasteiger partial charge is 0.337 e. The van der Waals surface area contributed by atoms with Gasteiger partial charge >= 0.3 is 5.97 Å². The molecule has 0 aliphatic carbocycles. The zero-order valence-electron chi connectivity index (χ0n) is 17.9. The number of nitrogens with zero attached hydrogens (tertiary/aromatic N) is 2. The van der Waals surface area contributed by atoms with Gasteiger partial charge in [-0.1, -0.05) is 20.8 Å². The van der Waals surface area contributed by atoms with Crippen LogP contribution in [-0.2, 0) is 9.59 Å². The average Bonchev–Trinajstić information content (AvgIpc) is 2.61. The standard InChI is InChI=1S/C21H32N4O4/c1-14(2)22-18(26)13-24-8-10-25(11-9-24)15-6-7-17(16(12-15)19(27)28)23-20(29)21(3,4)5/h6-7,12,14H,8-11,13H2,1-5H3,(H,22,26)(H,23,29)(H,27,28). The van der Waals surface area contributed by atoms with E-state index in [0.717, 1.165) is 18.8 Å². The highest BCUT2D eigenvalue weighted by Crippen LogP contribution is 2.26. The number of carbonyl (C=O) groups is 3. The molecule has 0 bridgehead atoms. The molecule has 0 aromatic heterocycles. The van der Waals surface area contributed by atoms with Gasteiger partial charge in [-0.05, 0) is 32.0 Å². The van der Waals surface area contributed by atoms with Crippen molar-refractivity contribution in [2.24, 2.45) is 5.41 Å². The van der Waals surface area contributed by atoms with E-state index < -0.39 is 11.4 Å². The minimum atomic E-state index is -1.08. The molecule has 8 heteroatoms. The van der Waals surface area contributed by atoms with E-state index in [0.29, 0.717) is 25.3 Å². The van der Waals surface area contributed by atoms with Crippen LogP contribution in [0.5, 0.6) is 0 Å². The number of carboxylic acids is 1. The van der Waals surface area contributed by atoms with Gasteiger partial charge in [0.05, 0.1) is 17.8 Å². The number of amides is 2. The van der Waals surface area contributed by atoms with Gasteiger partial charge in [0.2, 0.25) is 11.8 Å². The molecule has 160 valence electrons. The molecule has 1 aliphatic heterocycles. The highest BCUT2D eigenvalue weighted by molar-refractivity contribution is 6.02. The average molecular weight is 405 g/mol. The van der Waals surface area contributed by atoms with Crippen LogP contribution in [0.3, 0.4) is 0 Å². The fraction of sp³-hybridized carbons (Fsp3) is 0.571. The number of aromatic carboxylic acids is 1. The SMILES string of the molecule is CC(C)NC(=O)CN1CCN(c2ccc(NC(=O)C(C)(C)C)c(C(=O)O)c2)CC1. The molecule has 0 spiro atoms. The lowest BCUT2D eigenvalue weighted by molar-refractivity contribution is -0.123. The summed E-state index contributed by atoms with van der Waals surface area (Å²) in [4.78, 5) is 40.1. The fourth-order valence-electron chi connectivity index (χ4n) is 3.06. The normalized spacial score (nSPS) is 15.3. The van der Waals surface area contributed by atoms with Gasteiger partial charge in [-0.3, -0.25) is 14.5 Å². The Morgan fingerprint density at radius 3 is 2.24 bits per heavy atom. The Labute approximate surface area is 172 Å². The van der Waals surface area contributed by atoms with Crippen molar-refractivity contribution >= 4 is 29.2 Å². The topological polar surface area (TPSA) is 102 Å². The third-order valence-electron chi connectivity index (χ3n) is 4.72. The minimum Gasteiger partial charge on any atom is -0.478 e. The summed E-state index contributed by atoms with van der Waals surface area (Å²) < 4.78 is 0. The fourth-order valence-corrected chi connectivity index (χ4v) is 3.06. The van der Waals surface area contributed by atoms with Gasteiger partial charge in [0.25, 0.3) is 0 Å². The van der Waals surface area contributed by atoms with Gasteiger partial charge in [-0.2, -0.15) is 0 Å². The first-order chi connectivity index (χ1) is 13.5. The molecular formula is C21H32N4O4. The lowest BCUT2D eigenvalue weighted by Gasteiger charge is -2.36. The molecule has 2 amide bonds. The lowest BCUT2D eigenvalue weighted by atomic mass is 9.95. The van der Waals surface area contributed by atoms with Crippen molar-refractivity contribution < 1.29 is 19.5 Å². The van der Waals surface area contributed by atoms with Gasteiger partial charge in [-0.15, -0.1) is 0 Å². The second-order valence-electron chi connectivity index (χ2n) is 8.72. The third-order valence-corrected chi connectivity index (χ3v) is 4.72. The van der Waals surface area contributed by atoms with Crippen LogP contribution in [0.15, 0.2) is 18.2 Å². The molecule has 2 rings (SSSR count). The quantitative estimate of drug-likeness (QED) is 0.670. The van der Waals surface area contributed by atoms with Crippen molar-refractivity contribution in [2.45, 2.75) is 40.7 Å². The summed E-state index contributed by atoms with van der Waals surface area (Å²) in [6.07, 6.45) is 0. The zero-order chi connectivity index (χ0) is 21.8. The number of hydrogen-bond donors (Lipinski definition) is 3. The van der Waals surface area contributed by atoms with E-state index in [2.05, 4.69) is 20.4 Å². The van der Waals surface area contributed by atoms with E-state index in [1.165, 1.54) is 0 Å². The molecule has 1 heterocycles. The summed E-state index contributed by atoms with van der Waals surface area (Å²) in [6.45, 7) is 12.4. The zero-order valence-corrected chi connectivity index (χ0v) is 17.9. The maximum atomic E-state index is 12.2. The Kier molecular flexibility index (Phi) is 7.24. The molecule has 1 fully saturated rings. The first-order valence-corrected chi connectivity index (χ1v) is 9.93. The summed E-state index contributed by atoms with van der Waals surface area (Å²) in [5, 5.41) is 15.2. The largest absolute Gasteiger partial charge is 0.478 e. The summed E-state index contributed by atoms with van der Waals surface area (Å²) in [5.41, 5.74) is 0.540. The molecule has 0 radical (unpaired) electrons. The van der Waals surface area contributed by atoms with Crippen molar-refractivity contribution in [3.8, 4) is 0 Å². The van der Waals surface area contributed by atoms with E-state index in [-0.39, 0.29) is 23.4 Å². The van der Waals surface area contributed by atoms with Crippen molar-refractivity contribution in [1.82, 2.24) is 10.2 Å². The van der Waals surface area contributed by atoms with E-state index in [9.17, 15) is 19.5 Å². The second kappa shape index (κ2) is 9.26. The number of carbonyl (C=O) groups excluding carboxylic acids is 2. The number of rotatable bonds is 6. The number of hydrogen-bond acceptors (Lipinski definition) is 5. The second-order valence-corrected chi connectivity index (χ2v) is 8.72. The predicted molar refractivity (Wildman–Crippen MR) is 113 cm³/mol. The molecular weight excluding hydrogens is 372 g/mol. The van der Waals surface area contributed by atoms with Gasteiger partial charge < -0.3 is 20.6 Å². The Balaban J connectivity index is 2.05. The Morgan fingerprint density at radius 2 is 1.72 bits per heavy atom. The number of benzene rings is 1. The molecule has 1 saturated heterocycles. The van der Waals surface area contributed by atoms with Crippen LogP contribution in [0.4, 0.5) is 11.4 Å². The Morgan fingerprint density at radius 1 is 1.10 bits per heavy atom. The van der Waals surface area contributed by atoms with E-state index in [4.69, 9.17) is 0 Å². The number of carboxylic acid groups (broad SMARTS) is 1. The molecule has 8 nitrogen and oxygen atoms in total. The number of piperazine rings is 1. The Bertz CT molecular complexity index is 762. The summed E-state index contributed by atoms with van der Waals surface area (Å²) in [7, 11) is 0. The maximum absolute atomic E-state index is 12.2. The molecule has 3 N–H and O–H groups in total. The van der Waals surface area contributed by atoms with Gasteiger partial charge in [0.15, 0.2) is 0 Å². The van der Waals surface area contributed by atoms with E-state index in [1.807, 2.05) is 19.9 Å². The van der Waals surface area contributed by atoms with Crippen LogP contribution >= 0.6 is 0 Å². The van der Waals surface area contributed by atoms with Gasteiger partial charge in [0.1, 0.15) is 0 Å². The van der Waals surface area contributed by atoms with Crippen LogP contribution in [0, 0.1) is 5.41 Å². The van der Waals surface area contributed by atoms with Crippen LogP contribution in [0.1, 0.15) is 45.0 Å². The first kappa shape index (κ1) is 22.7. The highest BCUT2D eigenvalue weighted by Gasteiger charge is 2.25. The van der Waals surface area contributed by atoms with Crippen LogP contribution < -0.4 is 15.5 Å². The maximum Gasteiger partial charge on any atom is 0.337 e. The van der Waals surface area contributed by atoms with Crippen LogP contribution in [0.2, 0.25) is 0 Å². The van der Waals surface area contributed by atoms with Crippen molar-refractivity contribution in [1.29, 1.82) is 0 Å². The Hall–Kier alpha value is -2.61. The molecule has 1 aromatic rings. The monoisotopic (exact) mass is 404 g/mol. The van der Waals surface area contributed by atoms with Crippen molar-refractivity contribution in [3.05, 3.63) is 23.8 Å². The van der Waals surface area contributed by atoms with Crippen LogP contribution in [-0.4, -0.2) is 66.6 Å². The summed E-state index contributed by atoms with van der Waals surface area (Å²) >= 11 is 0. The molecule has 0 saturated carbocycles. The lowest BCUT2D eigenvalue weighted by Crippen LogP contribution is -2.50. The summed E-state index contributed by atoms with van der Waals surface area (Å²) in [6, 6.07) is 5.19. The van der Waals surface area contributed by atoms with Crippen LogP contribution in [0.25, 0.3) is 0 Å². The number of anilines is 2. The summed E-state index contributed by atoms with van der Waals surface area (Å²) in [5.74, 6) is -1.30. The van der Waals surface area contributed by atoms with Crippen molar-refractivity contribution in [2.75, 3.05) is 42.9 Å². The van der Waals surface area contributed by atoms with E-state index in [1.54, 1.807) is 32.9 Å². The minimum absolute atomic E-state index is 0.0144. The molecule has 29 heavy (non-hydrogen) atoms.